The van der Waals surface area contributed by atoms with Crippen molar-refractivity contribution in [3.63, 3.8) is 0 Å². The predicted molar refractivity (Wildman–Crippen MR) is 75.4 cm³/mol. The number of carbonyl (C=O) groups is 1. The Balaban J connectivity index is 2.23. The van der Waals surface area contributed by atoms with Gasteiger partial charge in [-0.3, -0.25) is 4.79 Å². The molecule has 0 aliphatic carbocycles. The van der Waals surface area contributed by atoms with Crippen LogP contribution in [0.5, 0.6) is 17.2 Å². The summed E-state index contributed by atoms with van der Waals surface area (Å²) in [6, 6.07) is 12.5. The summed E-state index contributed by atoms with van der Waals surface area (Å²) in [7, 11) is 1.49. The molecule has 2 aromatic rings. The Labute approximate surface area is 117 Å². The standard InChI is InChI=1S/C16H16O4/c1-11(17)13-8-15(19-2)16(9-14(13)18)20-10-12-6-4-3-5-7-12/h3-9,18H,10H2,1-2H3. The SMILES string of the molecule is COc1cc(C(C)=O)c(O)cc1OCc1ccccc1. The van der Waals surface area contributed by atoms with Crippen molar-refractivity contribution in [3.05, 3.63) is 53.6 Å². The molecule has 0 heterocycles. The van der Waals surface area contributed by atoms with Crippen molar-refractivity contribution in [1.29, 1.82) is 0 Å². The molecule has 0 amide bonds. The van der Waals surface area contributed by atoms with E-state index < -0.39 is 0 Å². The second kappa shape index (κ2) is 6.10. The van der Waals surface area contributed by atoms with Crippen LogP contribution in [0.25, 0.3) is 0 Å². The van der Waals surface area contributed by atoms with Gasteiger partial charge in [0.25, 0.3) is 0 Å². The summed E-state index contributed by atoms with van der Waals surface area (Å²) in [5, 5.41) is 9.82. The van der Waals surface area contributed by atoms with E-state index in [-0.39, 0.29) is 17.1 Å². The van der Waals surface area contributed by atoms with Gasteiger partial charge in [-0.25, -0.2) is 0 Å². The van der Waals surface area contributed by atoms with Gasteiger partial charge in [-0.1, -0.05) is 30.3 Å². The van der Waals surface area contributed by atoms with Crippen LogP contribution in [-0.2, 0) is 6.61 Å². The molecule has 0 bridgehead atoms. The lowest BCUT2D eigenvalue weighted by Gasteiger charge is -2.13. The van der Waals surface area contributed by atoms with E-state index in [1.807, 2.05) is 30.3 Å². The number of ether oxygens (including phenoxy) is 2. The number of methoxy groups -OCH3 is 1. The number of phenolic OH excluding ortho intramolecular Hbond substituents is 1. The molecule has 4 nitrogen and oxygen atoms in total. The molecule has 2 aromatic carbocycles. The van der Waals surface area contributed by atoms with Crippen LogP contribution >= 0.6 is 0 Å². The van der Waals surface area contributed by atoms with Crippen LogP contribution in [0.15, 0.2) is 42.5 Å². The topological polar surface area (TPSA) is 55.8 Å². The zero-order chi connectivity index (χ0) is 14.5. The quantitative estimate of drug-likeness (QED) is 0.849. The highest BCUT2D eigenvalue weighted by molar-refractivity contribution is 5.97. The molecular weight excluding hydrogens is 256 g/mol. The summed E-state index contributed by atoms with van der Waals surface area (Å²) in [5.41, 5.74) is 1.22. The van der Waals surface area contributed by atoms with Gasteiger partial charge in [0, 0.05) is 6.07 Å². The van der Waals surface area contributed by atoms with Gasteiger partial charge in [-0.05, 0) is 18.6 Å². The van der Waals surface area contributed by atoms with Crippen LogP contribution in [0.1, 0.15) is 22.8 Å². The van der Waals surface area contributed by atoms with Gasteiger partial charge in [-0.15, -0.1) is 0 Å². The fourth-order valence-electron chi connectivity index (χ4n) is 1.84. The highest BCUT2D eigenvalue weighted by atomic mass is 16.5. The molecule has 0 fully saturated rings. The molecule has 0 unspecified atom stereocenters. The van der Waals surface area contributed by atoms with E-state index in [1.54, 1.807) is 0 Å². The average molecular weight is 272 g/mol. The van der Waals surface area contributed by atoms with Gasteiger partial charge < -0.3 is 14.6 Å². The maximum absolute atomic E-state index is 11.4. The molecule has 1 N–H and O–H groups in total. The molecule has 0 aromatic heterocycles. The van der Waals surface area contributed by atoms with Crippen LogP contribution in [0, 0.1) is 0 Å². The van der Waals surface area contributed by atoms with Crippen LogP contribution in [0.4, 0.5) is 0 Å². The first kappa shape index (κ1) is 13.9. The Morgan fingerprint density at radius 2 is 1.85 bits per heavy atom. The Morgan fingerprint density at radius 1 is 1.15 bits per heavy atom. The van der Waals surface area contributed by atoms with Crippen molar-refractivity contribution in [1.82, 2.24) is 0 Å². The molecule has 20 heavy (non-hydrogen) atoms. The van der Waals surface area contributed by atoms with E-state index in [1.165, 1.54) is 26.2 Å². The molecule has 0 radical (unpaired) electrons. The van der Waals surface area contributed by atoms with Crippen molar-refractivity contribution >= 4 is 5.78 Å². The Hall–Kier alpha value is -2.49. The van der Waals surface area contributed by atoms with Crippen LogP contribution in [0.3, 0.4) is 0 Å². The predicted octanol–water partition coefficient (Wildman–Crippen LogP) is 3.18. The second-order valence-corrected chi connectivity index (χ2v) is 4.35. The Morgan fingerprint density at radius 3 is 2.45 bits per heavy atom. The third kappa shape index (κ3) is 3.09. The van der Waals surface area contributed by atoms with E-state index in [9.17, 15) is 9.90 Å². The zero-order valence-electron chi connectivity index (χ0n) is 11.4. The molecular formula is C16H16O4. The largest absolute Gasteiger partial charge is 0.507 e. The molecule has 4 heteroatoms. The van der Waals surface area contributed by atoms with Gasteiger partial charge in [0.1, 0.15) is 12.4 Å². The fourth-order valence-corrected chi connectivity index (χ4v) is 1.84. The number of hydrogen-bond donors (Lipinski definition) is 1. The van der Waals surface area contributed by atoms with Crippen molar-refractivity contribution in [2.75, 3.05) is 7.11 Å². The maximum Gasteiger partial charge on any atom is 0.165 e. The first-order valence-corrected chi connectivity index (χ1v) is 6.20. The summed E-state index contributed by atoms with van der Waals surface area (Å²) >= 11 is 0. The number of hydrogen-bond acceptors (Lipinski definition) is 4. The summed E-state index contributed by atoms with van der Waals surface area (Å²) in [5.74, 6) is 0.486. The number of Topliss-reactive ketones (excluding diaryl/α,β-unsaturated/α-hetero) is 1. The third-order valence-electron chi connectivity index (χ3n) is 2.90. The zero-order valence-corrected chi connectivity index (χ0v) is 11.4. The molecule has 0 spiro atoms. The number of carbonyl (C=O) groups excluding carboxylic acids is 1. The van der Waals surface area contributed by atoms with Crippen molar-refractivity contribution in [2.24, 2.45) is 0 Å². The second-order valence-electron chi connectivity index (χ2n) is 4.35. The monoisotopic (exact) mass is 272 g/mol. The van der Waals surface area contributed by atoms with Crippen LogP contribution < -0.4 is 9.47 Å². The van der Waals surface area contributed by atoms with Gasteiger partial charge in [0.2, 0.25) is 0 Å². The summed E-state index contributed by atoms with van der Waals surface area (Å²) in [4.78, 5) is 11.4. The van der Waals surface area contributed by atoms with Gasteiger partial charge in [-0.2, -0.15) is 0 Å². The summed E-state index contributed by atoms with van der Waals surface area (Å²) in [6.07, 6.45) is 0. The summed E-state index contributed by atoms with van der Waals surface area (Å²) < 4.78 is 10.8. The molecule has 0 aliphatic rings. The Bertz CT molecular complexity index is 605. The number of aromatic hydroxyl groups is 1. The van der Waals surface area contributed by atoms with E-state index in [2.05, 4.69) is 0 Å². The molecule has 0 saturated carbocycles. The van der Waals surface area contributed by atoms with E-state index >= 15 is 0 Å². The van der Waals surface area contributed by atoms with Crippen molar-refractivity contribution in [2.45, 2.75) is 13.5 Å². The Kier molecular flexibility index (Phi) is 4.25. The molecule has 0 saturated heterocycles. The molecule has 0 atom stereocenters. The normalized spacial score (nSPS) is 10.1. The van der Waals surface area contributed by atoms with Crippen molar-refractivity contribution in [3.8, 4) is 17.2 Å². The van der Waals surface area contributed by atoms with E-state index in [0.717, 1.165) is 5.56 Å². The van der Waals surface area contributed by atoms with Crippen molar-refractivity contribution < 1.29 is 19.4 Å². The number of phenols is 1. The lowest BCUT2D eigenvalue weighted by atomic mass is 10.1. The summed E-state index contributed by atoms with van der Waals surface area (Å²) in [6.45, 7) is 1.75. The molecule has 2 rings (SSSR count). The van der Waals surface area contributed by atoms with E-state index in [4.69, 9.17) is 9.47 Å². The highest BCUT2D eigenvalue weighted by Gasteiger charge is 2.14. The minimum atomic E-state index is -0.226. The fraction of sp³-hybridized carbons (Fsp3) is 0.188. The number of rotatable bonds is 5. The first-order valence-electron chi connectivity index (χ1n) is 6.20. The number of benzene rings is 2. The van der Waals surface area contributed by atoms with Gasteiger partial charge in [0.15, 0.2) is 17.3 Å². The van der Waals surface area contributed by atoms with Gasteiger partial charge in [0.05, 0.1) is 12.7 Å². The molecule has 0 aliphatic heterocycles. The van der Waals surface area contributed by atoms with Gasteiger partial charge >= 0.3 is 0 Å². The van der Waals surface area contributed by atoms with Crippen LogP contribution in [0.2, 0.25) is 0 Å². The average Bonchev–Trinajstić information content (AvgIpc) is 2.46. The molecule has 104 valence electrons. The smallest absolute Gasteiger partial charge is 0.165 e. The third-order valence-corrected chi connectivity index (χ3v) is 2.90. The minimum absolute atomic E-state index is 0.110. The lowest BCUT2D eigenvalue weighted by Crippen LogP contribution is -2.00. The van der Waals surface area contributed by atoms with E-state index in [0.29, 0.717) is 18.1 Å². The minimum Gasteiger partial charge on any atom is -0.507 e. The highest BCUT2D eigenvalue weighted by Crippen LogP contribution is 2.34. The first-order chi connectivity index (χ1) is 9.61. The number of ketones is 1. The lowest BCUT2D eigenvalue weighted by molar-refractivity contribution is 0.101. The van der Waals surface area contributed by atoms with Crippen LogP contribution in [-0.4, -0.2) is 18.0 Å². The maximum atomic E-state index is 11.4.